The summed E-state index contributed by atoms with van der Waals surface area (Å²) in [6, 6.07) is 9.91. The summed E-state index contributed by atoms with van der Waals surface area (Å²) in [4.78, 5) is 4.34. The van der Waals surface area contributed by atoms with E-state index in [0.29, 0.717) is 6.61 Å². The Morgan fingerprint density at radius 3 is 2.85 bits per heavy atom. The van der Waals surface area contributed by atoms with Crippen molar-refractivity contribution < 1.29 is 4.74 Å². The number of unbranched alkanes of at least 4 members (excludes halogenated alkanes) is 1. The molecule has 20 heavy (non-hydrogen) atoms. The van der Waals surface area contributed by atoms with Crippen molar-refractivity contribution in [2.75, 3.05) is 18.5 Å². The predicted molar refractivity (Wildman–Crippen MR) is 82.2 cm³/mol. The highest BCUT2D eigenvalue weighted by molar-refractivity contribution is 5.25. The third-order valence-corrected chi connectivity index (χ3v) is 3.08. The smallest absolute Gasteiger partial charge is 0.202 e. The van der Waals surface area contributed by atoms with E-state index in [0.717, 1.165) is 31.2 Å². The molecule has 4 heteroatoms. The summed E-state index contributed by atoms with van der Waals surface area (Å²) in [5.41, 5.74) is 0. The van der Waals surface area contributed by atoms with Gasteiger partial charge in [-0.15, -0.1) is 0 Å². The standard InChI is InChI=1S/C16H23N3O/c1-2-3-12-19-13-11-18-16(19)17-10-7-14-20-15-8-5-4-6-9-15/h4-6,8-9,11,13H,2-3,7,10,12,14H2,1H3,(H,17,18). The van der Waals surface area contributed by atoms with E-state index in [1.165, 1.54) is 12.8 Å². The molecule has 0 unspecified atom stereocenters. The molecule has 1 N–H and O–H groups in total. The van der Waals surface area contributed by atoms with Gasteiger partial charge in [0.25, 0.3) is 0 Å². The normalized spacial score (nSPS) is 10.4. The lowest BCUT2D eigenvalue weighted by Gasteiger charge is -2.10. The molecular formula is C16H23N3O. The molecule has 2 aromatic rings. The van der Waals surface area contributed by atoms with Crippen molar-refractivity contribution in [2.24, 2.45) is 0 Å². The molecule has 108 valence electrons. The van der Waals surface area contributed by atoms with Crippen LogP contribution in [0.2, 0.25) is 0 Å². The van der Waals surface area contributed by atoms with Crippen molar-refractivity contribution >= 4 is 5.95 Å². The second-order valence-corrected chi connectivity index (χ2v) is 4.74. The third-order valence-electron chi connectivity index (χ3n) is 3.08. The van der Waals surface area contributed by atoms with Crippen molar-refractivity contribution in [3.8, 4) is 5.75 Å². The van der Waals surface area contributed by atoms with Gasteiger partial charge in [0.1, 0.15) is 5.75 Å². The maximum Gasteiger partial charge on any atom is 0.202 e. The van der Waals surface area contributed by atoms with E-state index in [1.54, 1.807) is 0 Å². The SMILES string of the molecule is CCCCn1ccnc1NCCCOc1ccccc1. The van der Waals surface area contributed by atoms with Crippen LogP contribution in [0, 0.1) is 0 Å². The zero-order valence-corrected chi connectivity index (χ0v) is 12.1. The first-order valence-electron chi connectivity index (χ1n) is 7.33. The quantitative estimate of drug-likeness (QED) is 0.710. The van der Waals surface area contributed by atoms with Gasteiger partial charge in [0.15, 0.2) is 0 Å². The maximum atomic E-state index is 5.65. The number of nitrogens with one attached hydrogen (secondary N) is 1. The Kier molecular flexibility index (Phi) is 5.96. The second-order valence-electron chi connectivity index (χ2n) is 4.74. The molecular weight excluding hydrogens is 250 g/mol. The molecule has 0 saturated carbocycles. The van der Waals surface area contributed by atoms with Gasteiger partial charge in [-0.05, 0) is 25.0 Å². The first-order valence-corrected chi connectivity index (χ1v) is 7.33. The van der Waals surface area contributed by atoms with Gasteiger partial charge < -0.3 is 14.6 Å². The van der Waals surface area contributed by atoms with Crippen LogP contribution in [0.3, 0.4) is 0 Å². The maximum absolute atomic E-state index is 5.65. The van der Waals surface area contributed by atoms with Crippen LogP contribution in [0.5, 0.6) is 5.75 Å². The molecule has 1 aromatic carbocycles. The molecule has 1 heterocycles. The van der Waals surface area contributed by atoms with Gasteiger partial charge in [-0.1, -0.05) is 31.5 Å². The highest BCUT2D eigenvalue weighted by Gasteiger charge is 2.01. The Bertz CT molecular complexity index is 481. The van der Waals surface area contributed by atoms with Crippen molar-refractivity contribution in [2.45, 2.75) is 32.7 Å². The van der Waals surface area contributed by atoms with Crippen molar-refractivity contribution in [3.63, 3.8) is 0 Å². The van der Waals surface area contributed by atoms with Crippen LogP contribution >= 0.6 is 0 Å². The van der Waals surface area contributed by atoms with Gasteiger partial charge in [0, 0.05) is 25.5 Å². The molecule has 0 saturated heterocycles. The largest absolute Gasteiger partial charge is 0.494 e. The minimum absolute atomic E-state index is 0.715. The fraction of sp³-hybridized carbons (Fsp3) is 0.438. The zero-order chi connectivity index (χ0) is 14.0. The molecule has 0 fully saturated rings. The van der Waals surface area contributed by atoms with Crippen LogP contribution in [0.1, 0.15) is 26.2 Å². The Balaban J connectivity index is 1.65. The summed E-state index contributed by atoms with van der Waals surface area (Å²) in [5.74, 6) is 1.88. The molecule has 1 aromatic heterocycles. The van der Waals surface area contributed by atoms with Crippen LogP contribution in [-0.2, 0) is 6.54 Å². The number of imidazole rings is 1. The Hall–Kier alpha value is -1.97. The lowest BCUT2D eigenvalue weighted by Crippen LogP contribution is -2.11. The summed E-state index contributed by atoms with van der Waals surface area (Å²) in [5, 5.41) is 3.36. The topological polar surface area (TPSA) is 39.1 Å². The first-order chi connectivity index (χ1) is 9.90. The lowest BCUT2D eigenvalue weighted by molar-refractivity contribution is 0.315. The predicted octanol–water partition coefficient (Wildman–Crippen LogP) is 3.56. The molecule has 0 aliphatic carbocycles. The van der Waals surface area contributed by atoms with Gasteiger partial charge in [-0.2, -0.15) is 0 Å². The fourth-order valence-corrected chi connectivity index (χ4v) is 1.96. The lowest BCUT2D eigenvalue weighted by atomic mass is 10.3. The molecule has 4 nitrogen and oxygen atoms in total. The summed E-state index contributed by atoms with van der Waals surface area (Å²) in [6.07, 6.45) is 7.21. The van der Waals surface area contributed by atoms with Gasteiger partial charge >= 0.3 is 0 Å². The van der Waals surface area contributed by atoms with Crippen LogP contribution in [-0.4, -0.2) is 22.7 Å². The third kappa shape index (κ3) is 4.61. The Morgan fingerprint density at radius 1 is 1.20 bits per heavy atom. The molecule has 0 aliphatic rings. The van der Waals surface area contributed by atoms with Gasteiger partial charge in [0.05, 0.1) is 6.61 Å². The van der Waals surface area contributed by atoms with Crippen molar-refractivity contribution in [1.29, 1.82) is 0 Å². The van der Waals surface area contributed by atoms with E-state index < -0.39 is 0 Å². The van der Waals surface area contributed by atoms with Crippen LogP contribution in [0.25, 0.3) is 0 Å². The monoisotopic (exact) mass is 273 g/mol. The highest BCUT2D eigenvalue weighted by Crippen LogP contribution is 2.09. The van der Waals surface area contributed by atoms with Gasteiger partial charge in [0.2, 0.25) is 5.95 Å². The molecule has 0 amide bonds. The minimum atomic E-state index is 0.715. The van der Waals surface area contributed by atoms with Crippen molar-refractivity contribution in [1.82, 2.24) is 9.55 Å². The summed E-state index contributed by atoms with van der Waals surface area (Å²) in [6.45, 7) is 4.81. The number of para-hydroxylation sites is 1. The average Bonchev–Trinajstić information content (AvgIpc) is 2.93. The first kappa shape index (κ1) is 14.4. The second kappa shape index (κ2) is 8.25. The highest BCUT2D eigenvalue weighted by atomic mass is 16.5. The minimum Gasteiger partial charge on any atom is -0.494 e. The summed E-state index contributed by atoms with van der Waals surface area (Å²) in [7, 11) is 0. The average molecular weight is 273 g/mol. The van der Waals surface area contributed by atoms with E-state index in [-0.39, 0.29) is 0 Å². The zero-order valence-electron chi connectivity index (χ0n) is 12.1. The number of aromatic nitrogens is 2. The van der Waals surface area contributed by atoms with Crippen LogP contribution in [0.4, 0.5) is 5.95 Å². The number of benzene rings is 1. The van der Waals surface area contributed by atoms with E-state index in [1.807, 2.05) is 42.7 Å². The molecule has 2 rings (SSSR count). The number of anilines is 1. The molecule has 0 spiro atoms. The van der Waals surface area contributed by atoms with E-state index in [9.17, 15) is 0 Å². The number of hydrogen-bond acceptors (Lipinski definition) is 3. The number of ether oxygens (including phenoxy) is 1. The molecule has 0 atom stereocenters. The van der Waals surface area contributed by atoms with Crippen LogP contribution < -0.4 is 10.1 Å². The number of nitrogens with zero attached hydrogens (tertiary/aromatic N) is 2. The van der Waals surface area contributed by atoms with Gasteiger partial charge in [-0.25, -0.2) is 4.98 Å². The fourth-order valence-electron chi connectivity index (χ4n) is 1.96. The van der Waals surface area contributed by atoms with Crippen LogP contribution in [0.15, 0.2) is 42.7 Å². The summed E-state index contributed by atoms with van der Waals surface area (Å²) < 4.78 is 7.82. The molecule has 0 bridgehead atoms. The van der Waals surface area contributed by atoms with E-state index in [2.05, 4.69) is 21.8 Å². The summed E-state index contributed by atoms with van der Waals surface area (Å²) >= 11 is 0. The Labute approximate surface area is 120 Å². The van der Waals surface area contributed by atoms with Gasteiger partial charge in [-0.3, -0.25) is 0 Å². The molecule has 0 aliphatic heterocycles. The Morgan fingerprint density at radius 2 is 2.05 bits per heavy atom. The van der Waals surface area contributed by atoms with E-state index in [4.69, 9.17) is 4.74 Å². The van der Waals surface area contributed by atoms with Crippen molar-refractivity contribution in [3.05, 3.63) is 42.7 Å². The number of aryl methyl sites for hydroxylation is 1. The number of hydrogen-bond donors (Lipinski definition) is 1. The molecule has 0 radical (unpaired) electrons. The number of rotatable bonds is 9. The van der Waals surface area contributed by atoms with E-state index >= 15 is 0 Å².